The number of aryl methyl sites for hydroxylation is 2. The summed E-state index contributed by atoms with van der Waals surface area (Å²) >= 11 is 0. The van der Waals surface area contributed by atoms with E-state index < -0.39 is 25.0 Å². The van der Waals surface area contributed by atoms with E-state index in [4.69, 9.17) is 0 Å². The standard InChI is InChI=1S/C24H33BN2O.C16H17N.C8H16BNO2.C4H6O4.C2H3BO2.Na/c1-19-9-3-6-13-24(19)26(23-17-20-10-4-5-11-21(20)18-23)16-14-22-12-7-8-15-27(22)25(2)28;1-12-6-2-5-9-16(12)17-15-10-13-7-3-4-8-14(13)11-15;1-9(12)10-6-3-2-4-8(10)5-7-11;1-3(5)7-8-4(2)6;1-2(4)5-3;/h3-6,9-11,13,22-23,28H,7-8,12,14-18H2,1-2H3;2-9,15,17H,10-11H2,1H3;7-8,12H,2-6H2,1H3;1-2H3;1H3;/q;;;;-1;+1/t22-;;8-;;;/m1.1.../s1. The van der Waals surface area contributed by atoms with Gasteiger partial charge in [-0.25, -0.2) is 19.4 Å². The van der Waals surface area contributed by atoms with Crippen LogP contribution in [0.2, 0.25) is 13.6 Å². The Morgan fingerprint density at radius 3 is 1.56 bits per heavy atom. The van der Waals surface area contributed by atoms with Crippen LogP contribution in [-0.2, 0) is 59.3 Å². The summed E-state index contributed by atoms with van der Waals surface area (Å²) in [6.45, 7) is 14.6. The van der Waals surface area contributed by atoms with Gasteiger partial charge in [-0.2, -0.15) is 0 Å². The number of aldehydes is 1. The molecule has 3 radical (unpaired) electrons. The third-order valence-corrected chi connectivity index (χ3v) is 13.3. The van der Waals surface area contributed by atoms with Crippen molar-refractivity contribution < 1.29 is 73.2 Å². The molecule has 4 aromatic rings. The first-order valence-corrected chi connectivity index (χ1v) is 24.9. The molecule has 13 nitrogen and oxygen atoms in total. The summed E-state index contributed by atoms with van der Waals surface area (Å²) in [6, 6.07) is 36.8. The normalized spacial score (nSPS) is 17.1. The molecule has 17 heteroatoms. The largest absolute Gasteiger partial charge is 1.00 e. The van der Waals surface area contributed by atoms with Crippen LogP contribution in [0.1, 0.15) is 106 Å². The maximum Gasteiger partial charge on any atom is 1.00 e. The minimum absolute atomic E-state index is 0. The number of hydrogen-bond acceptors (Lipinski definition) is 13. The van der Waals surface area contributed by atoms with Crippen LogP contribution in [0.5, 0.6) is 0 Å². The van der Waals surface area contributed by atoms with Crippen molar-refractivity contribution in [1.82, 2.24) is 9.62 Å². The van der Waals surface area contributed by atoms with E-state index in [1.165, 1.54) is 77.4 Å². The topological polar surface area (TPSA) is 158 Å². The monoisotopic (exact) mass is 980 g/mol. The van der Waals surface area contributed by atoms with Gasteiger partial charge >= 0.3 is 55.6 Å². The zero-order chi connectivity index (χ0) is 51.0. The van der Waals surface area contributed by atoms with Gasteiger partial charge in [0.2, 0.25) is 5.97 Å². The third kappa shape index (κ3) is 20.9. The van der Waals surface area contributed by atoms with Crippen LogP contribution in [0.4, 0.5) is 11.4 Å². The maximum absolute atomic E-state index is 10.3. The van der Waals surface area contributed by atoms with Crippen molar-refractivity contribution >= 4 is 57.7 Å². The Labute approximate surface area is 447 Å². The van der Waals surface area contributed by atoms with Crippen LogP contribution in [0, 0.1) is 13.8 Å². The summed E-state index contributed by atoms with van der Waals surface area (Å²) in [5.41, 5.74) is 11.3. The minimum Gasteiger partial charge on any atom is -0.793 e. The number of carbonyl (C=O) groups is 4. The van der Waals surface area contributed by atoms with Gasteiger partial charge in [-0.3, -0.25) is 4.79 Å². The van der Waals surface area contributed by atoms with E-state index in [1.54, 1.807) is 6.82 Å². The van der Waals surface area contributed by atoms with Gasteiger partial charge in [-0.1, -0.05) is 97.8 Å². The number of hydrogen-bond donors (Lipinski definition) is 3. The van der Waals surface area contributed by atoms with E-state index in [-0.39, 0.29) is 42.6 Å². The SMILES string of the molecule is CB(O)N1CCCC[C@@H]1CC=O.CB(O)N1CCCC[C@@H]1CCN(c1ccccc1C)C1Cc2ccccc2C1.CC(=O)OOC(C)=O.Cc1ccccc1NC1Cc2ccccc2C1.[B-]OC(C)=O.[Na+]. The van der Waals surface area contributed by atoms with Gasteiger partial charge in [0.1, 0.15) is 6.29 Å². The predicted octanol–water partition coefficient (Wildman–Crippen LogP) is 5.10. The number of fused-ring (bicyclic) bond motifs is 2. The molecule has 0 bridgehead atoms. The van der Waals surface area contributed by atoms with Gasteiger partial charge in [-0.15, -0.1) is 0 Å². The van der Waals surface area contributed by atoms with Crippen molar-refractivity contribution in [3.05, 3.63) is 130 Å². The van der Waals surface area contributed by atoms with Gasteiger partial charge in [0.25, 0.3) is 0 Å². The molecule has 8 rings (SSSR count). The third-order valence-electron chi connectivity index (χ3n) is 13.3. The van der Waals surface area contributed by atoms with E-state index in [0.29, 0.717) is 24.5 Å². The molecule has 0 amide bonds. The van der Waals surface area contributed by atoms with Crippen LogP contribution < -0.4 is 39.8 Å². The molecule has 0 spiro atoms. The number of rotatable bonds is 11. The van der Waals surface area contributed by atoms with E-state index in [9.17, 15) is 29.2 Å². The van der Waals surface area contributed by atoms with Gasteiger partial charge in [-0.05, 0) is 144 Å². The Bertz CT molecular complexity index is 2180. The summed E-state index contributed by atoms with van der Waals surface area (Å²) in [7, 11) is 3.57. The zero-order valence-electron chi connectivity index (χ0n) is 43.6. The van der Waals surface area contributed by atoms with Crippen molar-refractivity contribution in [3.63, 3.8) is 0 Å². The molecule has 4 aromatic carbocycles. The number of nitrogens with one attached hydrogen (secondary N) is 1. The summed E-state index contributed by atoms with van der Waals surface area (Å²) in [6.07, 6.45) is 14.2. The molecule has 3 N–H and O–H groups in total. The van der Waals surface area contributed by atoms with Crippen LogP contribution in [0.15, 0.2) is 97.1 Å². The fraction of sp³-hybridized carbons (Fsp3) is 0.481. The van der Waals surface area contributed by atoms with Crippen molar-refractivity contribution in [3.8, 4) is 0 Å². The number of piperidine rings is 2. The fourth-order valence-electron chi connectivity index (χ4n) is 9.87. The first-order chi connectivity index (χ1) is 33.6. The Kier molecular flexibility index (Phi) is 28.0. The van der Waals surface area contributed by atoms with Crippen molar-refractivity contribution in [1.29, 1.82) is 0 Å². The fourth-order valence-corrected chi connectivity index (χ4v) is 9.87. The number of benzene rings is 4. The second-order valence-corrected chi connectivity index (χ2v) is 18.6. The molecule has 2 atom stereocenters. The van der Waals surface area contributed by atoms with Gasteiger partial charge in [0.05, 0.1) is 0 Å². The van der Waals surface area contributed by atoms with Gasteiger partial charge in [0.15, 0.2) is 0 Å². The van der Waals surface area contributed by atoms with Crippen LogP contribution in [0.3, 0.4) is 0 Å². The summed E-state index contributed by atoms with van der Waals surface area (Å²) in [4.78, 5) is 54.1. The molecule has 0 aromatic heterocycles. The molecule has 4 aliphatic rings. The zero-order valence-corrected chi connectivity index (χ0v) is 45.6. The summed E-state index contributed by atoms with van der Waals surface area (Å²) in [5.74, 6) is -1.74. The molecular formula is C54H75B3N4NaO9. The first-order valence-electron chi connectivity index (χ1n) is 24.9. The van der Waals surface area contributed by atoms with E-state index in [1.807, 2.05) is 11.6 Å². The molecule has 0 unspecified atom stereocenters. The molecule has 375 valence electrons. The van der Waals surface area contributed by atoms with Gasteiger partial charge in [0, 0.05) is 69.3 Å². The van der Waals surface area contributed by atoms with Crippen molar-refractivity contribution in [2.24, 2.45) is 0 Å². The Balaban J connectivity index is 0.000000264. The van der Waals surface area contributed by atoms with Gasteiger partial charge < -0.3 is 47.4 Å². The van der Waals surface area contributed by atoms with Crippen molar-refractivity contribution in [2.75, 3.05) is 29.9 Å². The Morgan fingerprint density at radius 1 is 0.676 bits per heavy atom. The quantitative estimate of drug-likeness (QED) is 0.0790. The Morgan fingerprint density at radius 2 is 1.11 bits per heavy atom. The Hall–Kier alpha value is -4.41. The molecule has 2 aliphatic carbocycles. The van der Waals surface area contributed by atoms with Crippen LogP contribution >= 0.6 is 0 Å². The molecule has 2 heterocycles. The number of para-hydroxylation sites is 2. The van der Waals surface area contributed by atoms with E-state index in [2.05, 4.69) is 148 Å². The number of carbonyl (C=O) groups excluding carboxylic acids is 4. The smallest absolute Gasteiger partial charge is 0.793 e. The van der Waals surface area contributed by atoms with Crippen LogP contribution in [-0.4, -0.2) is 110 Å². The molecule has 2 fully saturated rings. The maximum atomic E-state index is 10.3. The molecule has 2 aliphatic heterocycles. The average Bonchev–Trinajstić information content (AvgIpc) is 3.97. The number of anilines is 2. The number of nitrogens with zero attached hydrogens (tertiary/aromatic N) is 3. The average molecular weight is 980 g/mol. The minimum atomic E-state index is -0.639. The first kappa shape index (κ1) is 60.9. The van der Waals surface area contributed by atoms with E-state index >= 15 is 0 Å². The summed E-state index contributed by atoms with van der Waals surface area (Å²) in [5, 5.41) is 23.3. The van der Waals surface area contributed by atoms with Crippen LogP contribution in [0.25, 0.3) is 0 Å². The molecule has 0 saturated carbocycles. The second kappa shape index (κ2) is 32.6. The predicted molar refractivity (Wildman–Crippen MR) is 281 cm³/mol. The van der Waals surface area contributed by atoms with Crippen molar-refractivity contribution in [2.45, 2.75) is 149 Å². The summed E-state index contributed by atoms with van der Waals surface area (Å²) < 4.78 is 3.61. The molecule has 71 heavy (non-hydrogen) atoms. The molecular weight excluding hydrogens is 904 g/mol. The van der Waals surface area contributed by atoms with E-state index in [0.717, 1.165) is 84.7 Å². The second-order valence-electron chi connectivity index (χ2n) is 18.6. The molecule has 2 saturated heterocycles.